The van der Waals surface area contributed by atoms with Gasteiger partial charge in [0.1, 0.15) is 0 Å². The summed E-state index contributed by atoms with van der Waals surface area (Å²) in [5.74, 6) is 0.341. The summed E-state index contributed by atoms with van der Waals surface area (Å²) in [4.78, 5) is 9.84. The molecule has 358 valence electrons. The zero-order valence-electron chi connectivity index (χ0n) is 36.6. The molecule has 0 saturated heterocycles. The van der Waals surface area contributed by atoms with Gasteiger partial charge in [0.25, 0.3) is 0 Å². The Balaban J connectivity index is 1.24. The van der Waals surface area contributed by atoms with Crippen LogP contribution in [0.4, 0.5) is 52.7 Å². The monoisotopic (exact) mass is 986 g/mol. The van der Waals surface area contributed by atoms with Gasteiger partial charge in [0.2, 0.25) is 0 Å². The summed E-state index contributed by atoms with van der Waals surface area (Å²) in [5.41, 5.74) is -0.108. The SMILES string of the molecule is FC(F)(F)c1ccc2c(c1)c1cc(C(F)(F)F)ccc1n2-c1ccccc1-c1ccc(-c2cc(-c3ccccc3)nc(-c3ccccc3)n2)cc1-n1c2ccc(C(F)(F)F)cc2c2cc(C(F)(F)F)ccc21. The van der Waals surface area contributed by atoms with E-state index in [1.54, 1.807) is 48.5 Å². The van der Waals surface area contributed by atoms with Crippen molar-refractivity contribution < 1.29 is 52.7 Å². The molecule has 0 aliphatic carbocycles. The van der Waals surface area contributed by atoms with Crippen molar-refractivity contribution in [2.24, 2.45) is 0 Å². The van der Waals surface area contributed by atoms with Gasteiger partial charge in [-0.05, 0) is 91.0 Å². The molecule has 0 unspecified atom stereocenters. The van der Waals surface area contributed by atoms with Crippen molar-refractivity contribution in [1.29, 1.82) is 0 Å². The molecule has 4 nitrogen and oxygen atoms in total. The number of nitrogens with zero attached hydrogens (tertiary/aromatic N) is 4. The maximum Gasteiger partial charge on any atom is 0.416 e. The Bertz CT molecular complexity index is 3720. The second kappa shape index (κ2) is 16.6. The maximum atomic E-state index is 14.4. The summed E-state index contributed by atoms with van der Waals surface area (Å²) in [5, 5.41) is -0.573. The normalized spacial score (nSPS) is 12.7. The van der Waals surface area contributed by atoms with Gasteiger partial charge in [-0.15, -0.1) is 0 Å². The first-order valence-corrected chi connectivity index (χ1v) is 21.9. The lowest BCUT2D eigenvalue weighted by Crippen LogP contribution is -2.05. The van der Waals surface area contributed by atoms with Crippen LogP contribution in [0.2, 0.25) is 0 Å². The number of benzene rings is 8. The molecule has 0 aliphatic rings. The molecular formula is C56H30F12N4. The fourth-order valence-corrected chi connectivity index (χ4v) is 9.34. The minimum Gasteiger partial charge on any atom is -0.309 e. The number of rotatable bonds is 6. The molecule has 11 rings (SSSR count). The van der Waals surface area contributed by atoms with Gasteiger partial charge in [-0.1, -0.05) is 91.0 Å². The van der Waals surface area contributed by atoms with Crippen LogP contribution in [-0.4, -0.2) is 19.1 Å². The van der Waals surface area contributed by atoms with E-state index in [-0.39, 0.29) is 55.0 Å². The van der Waals surface area contributed by atoms with E-state index in [1.165, 1.54) is 33.4 Å². The molecule has 0 aliphatic heterocycles. The highest BCUT2D eigenvalue weighted by Crippen LogP contribution is 2.46. The van der Waals surface area contributed by atoms with Crippen LogP contribution in [0.25, 0.3) is 100 Å². The zero-order chi connectivity index (χ0) is 50.5. The molecule has 11 aromatic rings. The Labute approximate surface area is 399 Å². The molecule has 0 amide bonds. The van der Waals surface area contributed by atoms with Crippen molar-refractivity contribution in [3.05, 3.63) is 204 Å². The van der Waals surface area contributed by atoms with Crippen LogP contribution in [0.15, 0.2) is 182 Å². The van der Waals surface area contributed by atoms with E-state index in [9.17, 15) is 52.7 Å². The molecule has 0 saturated carbocycles. The summed E-state index contributed by atoms with van der Waals surface area (Å²) < 4.78 is 175. The molecule has 0 N–H and O–H groups in total. The van der Waals surface area contributed by atoms with E-state index < -0.39 is 47.0 Å². The van der Waals surface area contributed by atoms with E-state index in [0.717, 1.165) is 54.1 Å². The molecule has 0 spiro atoms. The molecule has 3 aromatic heterocycles. The minimum atomic E-state index is -4.88. The van der Waals surface area contributed by atoms with E-state index in [2.05, 4.69) is 0 Å². The summed E-state index contributed by atoms with van der Waals surface area (Å²) >= 11 is 0. The average Bonchev–Trinajstić information content (AvgIpc) is 3.87. The van der Waals surface area contributed by atoms with Crippen molar-refractivity contribution in [2.45, 2.75) is 24.7 Å². The quantitative estimate of drug-likeness (QED) is 0.156. The van der Waals surface area contributed by atoms with Crippen molar-refractivity contribution >= 4 is 43.6 Å². The third kappa shape index (κ3) is 8.05. The predicted octanol–water partition coefficient (Wildman–Crippen LogP) is 17.4. The third-order valence-corrected chi connectivity index (χ3v) is 12.6. The fourth-order valence-electron chi connectivity index (χ4n) is 9.34. The van der Waals surface area contributed by atoms with Crippen molar-refractivity contribution in [1.82, 2.24) is 19.1 Å². The Morgan fingerprint density at radius 2 is 0.653 bits per heavy atom. The number of para-hydroxylation sites is 1. The van der Waals surface area contributed by atoms with Crippen LogP contribution in [0.5, 0.6) is 0 Å². The van der Waals surface area contributed by atoms with Gasteiger partial charge >= 0.3 is 24.7 Å². The average molecular weight is 987 g/mol. The lowest BCUT2D eigenvalue weighted by atomic mass is 9.97. The first kappa shape index (κ1) is 46.0. The Hall–Kier alpha value is -8.40. The first-order valence-electron chi connectivity index (χ1n) is 21.9. The number of halogens is 12. The Morgan fingerprint density at radius 1 is 0.292 bits per heavy atom. The number of alkyl halides is 12. The molecule has 8 aromatic carbocycles. The number of hydrogen-bond acceptors (Lipinski definition) is 2. The van der Waals surface area contributed by atoms with Gasteiger partial charge in [-0.2, -0.15) is 52.7 Å². The molecule has 0 radical (unpaired) electrons. The van der Waals surface area contributed by atoms with Gasteiger partial charge in [0.05, 0.1) is 67.1 Å². The standard InChI is InChI=1S/C56H30F12N4/c57-53(58,59)34-16-21-47-40(26-34)41-27-35(54(60,61)62)17-22-48(41)71(47)46-14-8-7-13-38(46)39-20-15-33(45-30-44(31-9-3-1-4-10-31)69-52(70-45)32-11-5-2-6-12-32)25-51(39)72-49-23-18-36(55(63,64)65)28-42(49)43-29-37(56(66,67)68)19-24-50(43)72/h1-30H. The summed E-state index contributed by atoms with van der Waals surface area (Å²) in [6.45, 7) is 0. The van der Waals surface area contributed by atoms with Crippen molar-refractivity contribution in [3.63, 3.8) is 0 Å². The van der Waals surface area contributed by atoms with Crippen LogP contribution < -0.4 is 0 Å². The molecule has 72 heavy (non-hydrogen) atoms. The van der Waals surface area contributed by atoms with Gasteiger partial charge < -0.3 is 9.13 Å². The molecule has 0 atom stereocenters. The van der Waals surface area contributed by atoms with E-state index in [1.807, 2.05) is 60.7 Å². The second-order valence-corrected chi connectivity index (χ2v) is 17.0. The smallest absolute Gasteiger partial charge is 0.309 e. The van der Waals surface area contributed by atoms with Gasteiger partial charge in [0.15, 0.2) is 5.82 Å². The van der Waals surface area contributed by atoms with Gasteiger partial charge in [-0.25, -0.2) is 9.97 Å². The molecule has 0 fully saturated rings. The number of hydrogen-bond donors (Lipinski definition) is 0. The molecule has 16 heteroatoms. The zero-order valence-corrected chi connectivity index (χ0v) is 36.6. The molecule has 3 heterocycles. The largest absolute Gasteiger partial charge is 0.416 e. The van der Waals surface area contributed by atoms with E-state index in [0.29, 0.717) is 39.5 Å². The highest BCUT2D eigenvalue weighted by atomic mass is 19.4. The van der Waals surface area contributed by atoms with Gasteiger partial charge in [-0.3, -0.25) is 0 Å². The minimum absolute atomic E-state index is 0.0852. The highest BCUT2D eigenvalue weighted by Gasteiger charge is 2.36. The lowest BCUT2D eigenvalue weighted by molar-refractivity contribution is -0.138. The first-order chi connectivity index (χ1) is 34.2. The fraction of sp³-hybridized carbons (Fsp3) is 0.0714. The lowest BCUT2D eigenvalue weighted by Gasteiger charge is -2.20. The van der Waals surface area contributed by atoms with E-state index >= 15 is 0 Å². The highest BCUT2D eigenvalue weighted by molar-refractivity contribution is 6.12. The topological polar surface area (TPSA) is 35.6 Å². The van der Waals surface area contributed by atoms with E-state index in [4.69, 9.17) is 9.97 Å². The van der Waals surface area contributed by atoms with Crippen molar-refractivity contribution in [2.75, 3.05) is 0 Å². The van der Waals surface area contributed by atoms with Crippen LogP contribution in [0.1, 0.15) is 22.3 Å². The predicted molar refractivity (Wildman–Crippen MR) is 252 cm³/mol. The van der Waals surface area contributed by atoms with Crippen LogP contribution in [-0.2, 0) is 24.7 Å². The third-order valence-electron chi connectivity index (χ3n) is 12.6. The summed E-state index contributed by atoms with van der Waals surface area (Å²) in [7, 11) is 0. The summed E-state index contributed by atoms with van der Waals surface area (Å²) in [6, 6.07) is 42.8. The Morgan fingerprint density at radius 3 is 1.08 bits per heavy atom. The second-order valence-electron chi connectivity index (χ2n) is 17.0. The van der Waals surface area contributed by atoms with Crippen molar-refractivity contribution in [3.8, 4) is 56.4 Å². The maximum absolute atomic E-state index is 14.4. The number of aromatic nitrogens is 4. The van der Waals surface area contributed by atoms with Gasteiger partial charge in [0, 0.05) is 49.4 Å². The number of fused-ring (bicyclic) bond motifs is 6. The Kier molecular flexibility index (Phi) is 10.6. The van der Waals surface area contributed by atoms with Crippen LogP contribution >= 0.6 is 0 Å². The molecular weight excluding hydrogens is 957 g/mol. The van der Waals surface area contributed by atoms with Crippen LogP contribution in [0.3, 0.4) is 0 Å². The molecule has 0 bridgehead atoms. The van der Waals surface area contributed by atoms with Crippen LogP contribution in [0, 0.1) is 0 Å². The summed E-state index contributed by atoms with van der Waals surface area (Å²) in [6.07, 6.45) is -19.5.